The number of aryl methyl sites for hydroxylation is 2. The van der Waals surface area contributed by atoms with Crippen LogP contribution in [0, 0.1) is 5.92 Å². The van der Waals surface area contributed by atoms with Gasteiger partial charge in [-0.05, 0) is 32.7 Å². The molecule has 1 aliphatic heterocycles. The van der Waals surface area contributed by atoms with E-state index in [1.807, 2.05) is 6.92 Å². The topological polar surface area (TPSA) is 67.2 Å². The van der Waals surface area contributed by atoms with Crippen LogP contribution in [0.1, 0.15) is 50.6 Å². The molecule has 0 radical (unpaired) electrons. The number of rotatable bonds is 5. The predicted octanol–water partition coefficient (Wildman–Crippen LogP) is 2.23. The Hall–Kier alpha value is -1.07. The number of nitrogens with zero attached hydrogens (tertiary/aromatic N) is 1. The van der Waals surface area contributed by atoms with Gasteiger partial charge >= 0.3 is 0 Å². The SMILES string of the molecule is CCc1noc(CC)c1CNC(=O)[C@H]1CCN[C@@H](C)C1.Cl. The van der Waals surface area contributed by atoms with Crippen LogP contribution in [0.2, 0.25) is 0 Å². The van der Waals surface area contributed by atoms with Crippen molar-refractivity contribution in [1.29, 1.82) is 0 Å². The highest BCUT2D eigenvalue weighted by molar-refractivity contribution is 5.85. The molecule has 1 fully saturated rings. The molecule has 0 saturated carbocycles. The third-order valence-electron chi connectivity index (χ3n) is 4.04. The van der Waals surface area contributed by atoms with E-state index in [4.69, 9.17) is 4.52 Å². The average Bonchev–Trinajstić information content (AvgIpc) is 2.86. The highest BCUT2D eigenvalue weighted by Crippen LogP contribution is 2.18. The lowest BCUT2D eigenvalue weighted by atomic mass is 9.92. The van der Waals surface area contributed by atoms with Gasteiger partial charge in [-0.25, -0.2) is 0 Å². The summed E-state index contributed by atoms with van der Waals surface area (Å²) >= 11 is 0. The summed E-state index contributed by atoms with van der Waals surface area (Å²) in [5.41, 5.74) is 2.02. The van der Waals surface area contributed by atoms with Gasteiger partial charge in [0.25, 0.3) is 0 Å². The number of halogens is 1. The Kier molecular flexibility index (Phi) is 7.18. The largest absolute Gasteiger partial charge is 0.361 e. The summed E-state index contributed by atoms with van der Waals surface area (Å²) in [4.78, 5) is 12.2. The van der Waals surface area contributed by atoms with Gasteiger partial charge in [0.05, 0.1) is 5.69 Å². The molecule has 5 nitrogen and oxygen atoms in total. The fourth-order valence-electron chi connectivity index (χ4n) is 2.83. The van der Waals surface area contributed by atoms with Crippen LogP contribution in [0.5, 0.6) is 0 Å². The van der Waals surface area contributed by atoms with Crippen LogP contribution in [-0.2, 0) is 24.2 Å². The van der Waals surface area contributed by atoms with E-state index in [0.29, 0.717) is 12.6 Å². The van der Waals surface area contributed by atoms with E-state index in [9.17, 15) is 4.79 Å². The Morgan fingerprint density at radius 2 is 2.19 bits per heavy atom. The third kappa shape index (κ3) is 4.45. The van der Waals surface area contributed by atoms with Crippen LogP contribution in [0.3, 0.4) is 0 Å². The maximum atomic E-state index is 12.2. The first-order valence-electron chi connectivity index (χ1n) is 7.63. The Balaban J connectivity index is 0.00000220. The summed E-state index contributed by atoms with van der Waals surface area (Å²) in [6.45, 7) is 7.68. The van der Waals surface area contributed by atoms with E-state index in [0.717, 1.165) is 49.2 Å². The van der Waals surface area contributed by atoms with E-state index >= 15 is 0 Å². The highest BCUT2D eigenvalue weighted by atomic mass is 35.5. The minimum atomic E-state index is 0. The molecule has 6 heteroatoms. The lowest BCUT2D eigenvalue weighted by molar-refractivity contribution is -0.126. The number of hydrogen-bond donors (Lipinski definition) is 2. The zero-order valence-electron chi connectivity index (χ0n) is 13.1. The number of carbonyl (C=O) groups is 1. The van der Waals surface area contributed by atoms with Crippen LogP contribution in [-0.4, -0.2) is 23.7 Å². The Labute approximate surface area is 132 Å². The van der Waals surface area contributed by atoms with E-state index in [2.05, 4.69) is 29.6 Å². The fraction of sp³-hybridized carbons (Fsp3) is 0.733. The molecule has 0 spiro atoms. The van der Waals surface area contributed by atoms with Gasteiger partial charge in [-0.1, -0.05) is 19.0 Å². The van der Waals surface area contributed by atoms with Gasteiger partial charge in [-0.3, -0.25) is 4.79 Å². The maximum Gasteiger partial charge on any atom is 0.223 e. The van der Waals surface area contributed by atoms with Gasteiger partial charge in [0, 0.05) is 30.5 Å². The van der Waals surface area contributed by atoms with Crippen molar-refractivity contribution in [2.75, 3.05) is 6.54 Å². The van der Waals surface area contributed by atoms with Crippen molar-refractivity contribution in [3.63, 3.8) is 0 Å². The second-order valence-electron chi connectivity index (χ2n) is 5.53. The summed E-state index contributed by atoms with van der Waals surface area (Å²) in [5, 5.41) is 10.5. The molecule has 1 aromatic heterocycles. The lowest BCUT2D eigenvalue weighted by Crippen LogP contribution is -2.42. The van der Waals surface area contributed by atoms with E-state index in [1.54, 1.807) is 0 Å². The number of amides is 1. The molecular weight excluding hydrogens is 290 g/mol. The maximum absolute atomic E-state index is 12.2. The minimum absolute atomic E-state index is 0. The molecule has 1 aromatic rings. The summed E-state index contributed by atoms with van der Waals surface area (Å²) in [5.74, 6) is 1.17. The quantitative estimate of drug-likeness (QED) is 0.874. The van der Waals surface area contributed by atoms with Crippen molar-refractivity contribution in [3.8, 4) is 0 Å². The summed E-state index contributed by atoms with van der Waals surface area (Å²) < 4.78 is 5.32. The average molecular weight is 316 g/mol. The van der Waals surface area contributed by atoms with Crippen LogP contribution in [0.25, 0.3) is 0 Å². The molecule has 2 rings (SSSR count). The first-order valence-corrected chi connectivity index (χ1v) is 7.63. The van der Waals surface area contributed by atoms with E-state index in [-0.39, 0.29) is 24.2 Å². The second-order valence-corrected chi connectivity index (χ2v) is 5.53. The molecule has 120 valence electrons. The zero-order valence-corrected chi connectivity index (χ0v) is 13.9. The van der Waals surface area contributed by atoms with Gasteiger partial charge in [-0.15, -0.1) is 12.4 Å². The van der Waals surface area contributed by atoms with Crippen molar-refractivity contribution in [1.82, 2.24) is 15.8 Å². The van der Waals surface area contributed by atoms with Crippen LogP contribution >= 0.6 is 12.4 Å². The molecule has 1 aliphatic rings. The van der Waals surface area contributed by atoms with Crippen molar-refractivity contribution in [2.24, 2.45) is 5.92 Å². The summed E-state index contributed by atoms with van der Waals surface area (Å²) in [6, 6.07) is 0.424. The molecule has 0 aromatic carbocycles. The molecule has 1 amide bonds. The van der Waals surface area contributed by atoms with Gasteiger partial charge in [0.1, 0.15) is 5.76 Å². The van der Waals surface area contributed by atoms with Crippen molar-refractivity contribution in [2.45, 2.75) is 59.0 Å². The molecule has 0 unspecified atom stereocenters. The number of aromatic nitrogens is 1. The van der Waals surface area contributed by atoms with Crippen molar-refractivity contribution >= 4 is 18.3 Å². The fourth-order valence-corrected chi connectivity index (χ4v) is 2.83. The molecule has 21 heavy (non-hydrogen) atoms. The second kappa shape index (κ2) is 8.39. The van der Waals surface area contributed by atoms with Gasteiger partial charge < -0.3 is 15.2 Å². The van der Waals surface area contributed by atoms with Crippen LogP contribution in [0.4, 0.5) is 0 Å². The van der Waals surface area contributed by atoms with Gasteiger partial charge in [0.2, 0.25) is 5.91 Å². The third-order valence-corrected chi connectivity index (χ3v) is 4.04. The van der Waals surface area contributed by atoms with Gasteiger partial charge in [-0.2, -0.15) is 0 Å². The molecule has 0 aliphatic carbocycles. The molecule has 2 atom stereocenters. The minimum Gasteiger partial charge on any atom is -0.361 e. The molecule has 2 N–H and O–H groups in total. The predicted molar refractivity (Wildman–Crippen MR) is 84.5 cm³/mol. The van der Waals surface area contributed by atoms with Crippen LogP contribution < -0.4 is 10.6 Å². The number of piperidine rings is 1. The molecule has 2 heterocycles. The summed E-state index contributed by atoms with van der Waals surface area (Å²) in [6.07, 6.45) is 3.47. The first-order chi connectivity index (χ1) is 9.65. The summed E-state index contributed by atoms with van der Waals surface area (Å²) in [7, 11) is 0. The van der Waals surface area contributed by atoms with Crippen molar-refractivity contribution in [3.05, 3.63) is 17.0 Å². The highest BCUT2D eigenvalue weighted by Gasteiger charge is 2.25. The number of carbonyl (C=O) groups excluding carboxylic acids is 1. The standard InChI is InChI=1S/C15H25N3O2.ClH/c1-4-13-12(14(5-2)20-18-13)9-17-15(19)11-6-7-16-10(3)8-11;/h10-11,16H,4-9H2,1-3H3,(H,17,19);1H/t10-,11-;/m0./s1. The van der Waals surface area contributed by atoms with E-state index in [1.165, 1.54) is 0 Å². The number of hydrogen-bond acceptors (Lipinski definition) is 4. The van der Waals surface area contributed by atoms with Crippen LogP contribution in [0.15, 0.2) is 4.52 Å². The normalized spacial score (nSPS) is 21.7. The molecular formula is C15H26ClN3O2. The van der Waals surface area contributed by atoms with E-state index < -0.39 is 0 Å². The Bertz CT molecular complexity index is 440. The van der Waals surface area contributed by atoms with Crippen molar-refractivity contribution < 1.29 is 9.32 Å². The number of nitrogens with one attached hydrogen (secondary N) is 2. The first kappa shape index (κ1) is 18.0. The monoisotopic (exact) mass is 315 g/mol. The van der Waals surface area contributed by atoms with Gasteiger partial charge in [0.15, 0.2) is 0 Å². The zero-order chi connectivity index (χ0) is 14.5. The smallest absolute Gasteiger partial charge is 0.223 e. The molecule has 1 saturated heterocycles. The Morgan fingerprint density at radius 3 is 2.81 bits per heavy atom. The Morgan fingerprint density at radius 1 is 1.43 bits per heavy atom. The lowest BCUT2D eigenvalue weighted by Gasteiger charge is -2.27. The molecule has 0 bridgehead atoms.